The van der Waals surface area contributed by atoms with Gasteiger partial charge in [0, 0.05) is 22.7 Å². The Morgan fingerprint density at radius 1 is 1.04 bits per heavy atom. The van der Waals surface area contributed by atoms with Crippen molar-refractivity contribution in [3.05, 3.63) is 83.3 Å². The van der Waals surface area contributed by atoms with E-state index in [0.29, 0.717) is 11.6 Å². The maximum atomic E-state index is 6.13. The standard InChI is InChI=1S/C22H17ClN2O2/c1-2-26-17-10-11-20-18(13-17)19(25-22-5-3-4-12-24-22)14-21(27-20)15-6-8-16(23)9-7-15/h3-14H,2H2,1H3/p+1. The molecule has 0 aliphatic heterocycles. The zero-order valence-corrected chi connectivity index (χ0v) is 15.5. The van der Waals surface area contributed by atoms with Crippen LogP contribution in [0.1, 0.15) is 6.92 Å². The molecule has 0 unspecified atom stereocenters. The minimum Gasteiger partial charge on any atom is -0.494 e. The molecule has 0 saturated carbocycles. The summed E-state index contributed by atoms with van der Waals surface area (Å²) in [6.45, 7) is 2.56. The molecular formula is C22H18ClN2O2+. The van der Waals surface area contributed by atoms with Crippen LogP contribution in [0.25, 0.3) is 22.3 Å². The Bertz CT molecular complexity index is 1140. The van der Waals surface area contributed by atoms with E-state index in [1.807, 2.05) is 79.9 Å². The van der Waals surface area contributed by atoms with Crippen molar-refractivity contribution in [2.24, 2.45) is 4.99 Å². The molecule has 2 aromatic heterocycles. The van der Waals surface area contributed by atoms with Crippen molar-refractivity contribution in [1.29, 1.82) is 0 Å². The molecule has 4 aromatic rings. The third kappa shape index (κ3) is 3.86. The van der Waals surface area contributed by atoms with Crippen LogP contribution in [-0.4, -0.2) is 6.61 Å². The molecule has 4 rings (SSSR count). The summed E-state index contributed by atoms with van der Waals surface area (Å²) < 4.78 is 11.8. The molecule has 134 valence electrons. The first-order valence-electron chi connectivity index (χ1n) is 8.71. The monoisotopic (exact) mass is 377 g/mol. The molecule has 0 aliphatic rings. The number of H-pyrrole nitrogens is 1. The maximum absolute atomic E-state index is 6.13. The van der Waals surface area contributed by atoms with Gasteiger partial charge in [0.05, 0.1) is 18.2 Å². The average molecular weight is 378 g/mol. The van der Waals surface area contributed by atoms with Crippen molar-refractivity contribution in [1.82, 2.24) is 0 Å². The fourth-order valence-corrected chi connectivity index (χ4v) is 2.96. The van der Waals surface area contributed by atoms with Gasteiger partial charge in [0.25, 0.3) is 0 Å². The van der Waals surface area contributed by atoms with E-state index in [9.17, 15) is 0 Å². The average Bonchev–Trinajstić information content (AvgIpc) is 2.70. The summed E-state index contributed by atoms with van der Waals surface area (Å²) in [7, 11) is 0. The maximum Gasteiger partial charge on any atom is 0.321 e. The number of nitrogens with one attached hydrogen (secondary N) is 1. The third-order valence-corrected chi connectivity index (χ3v) is 4.34. The smallest absolute Gasteiger partial charge is 0.321 e. The van der Waals surface area contributed by atoms with E-state index in [1.54, 1.807) is 0 Å². The predicted octanol–water partition coefficient (Wildman–Crippen LogP) is 5.20. The second-order valence-corrected chi connectivity index (χ2v) is 6.39. The molecule has 0 radical (unpaired) electrons. The molecule has 1 N–H and O–H groups in total. The Hall–Kier alpha value is -3.11. The quantitative estimate of drug-likeness (QED) is 0.491. The third-order valence-electron chi connectivity index (χ3n) is 4.09. The van der Waals surface area contributed by atoms with Gasteiger partial charge in [-0.15, -0.1) is 0 Å². The molecule has 27 heavy (non-hydrogen) atoms. The Morgan fingerprint density at radius 3 is 2.63 bits per heavy atom. The minimum atomic E-state index is 0.602. The molecule has 2 heterocycles. The van der Waals surface area contributed by atoms with Crippen molar-refractivity contribution in [2.75, 3.05) is 6.61 Å². The van der Waals surface area contributed by atoms with Gasteiger partial charge in [-0.3, -0.25) is 0 Å². The number of benzene rings is 2. The van der Waals surface area contributed by atoms with Gasteiger partial charge in [-0.25, -0.2) is 4.98 Å². The van der Waals surface area contributed by atoms with E-state index >= 15 is 0 Å². The van der Waals surface area contributed by atoms with Gasteiger partial charge in [-0.05, 0) is 60.4 Å². The Kier molecular flexibility index (Phi) is 4.90. The van der Waals surface area contributed by atoms with Crippen molar-refractivity contribution in [3.8, 4) is 17.1 Å². The van der Waals surface area contributed by atoms with Crippen molar-refractivity contribution < 1.29 is 14.1 Å². The molecule has 0 spiro atoms. The molecule has 5 heteroatoms. The summed E-state index contributed by atoms with van der Waals surface area (Å²) in [5, 5.41) is 2.37. The fraction of sp³-hybridized carbons (Fsp3) is 0.0909. The second-order valence-electron chi connectivity index (χ2n) is 5.95. The van der Waals surface area contributed by atoms with E-state index in [2.05, 4.69) is 4.98 Å². The highest BCUT2D eigenvalue weighted by Gasteiger charge is 2.11. The lowest BCUT2D eigenvalue weighted by molar-refractivity contribution is -0.362. The molecule has 0 aliphatic carbocycles. The Morgan fingerprint density at radius 2 is 1.89 bits per heavy atom. The summed E-state index contributed by atoms with van der Waals surface area (Å²) in [6, 6.07) is 21.0. The van der Waals surface area contributed by atoms with E-state index in [-0.39, 0.29) is 0 Å². The molecule has 2 aromatic carbocycles. The van der Waals surface area contributed by atoms with E-state index < -0.39 is 0 Å². The van der Waals surface area contributed by atoms with Crippen molar-refractivity contribution in [3.63, 3.8) is 0 Å². The largest absolute Gasteiger partial charge is 0.494 e. The summed E-state index contributed by atoms with van der Waals surface area (Å²) in [5.74, 6) is 2.26. The lowest BCUT2D eigenvalue weighted by atomic mass is 10.1. The van der Waals surface area contributed by atoms with Crippen molar-refractivity contribution in [2.45, 2.75) is 6.92 Å². The first-order chi connectivity index (χ1) is 13.2. The number of pyridine rings is 1. The Balaban J connectivity index is 1.96. The summed E-state index contributed by atoms with van der Waals surface area (Å²) >= 11 is 6.01. The molecule has 0 bridgehead atoms. The number of hydrogen-bond acceptors (Lipinski definition) is 3. The van der Waals surface area contributed by atoms with E-state index in [0.717, 1.165) is 39.2 Å². The summed E-state index contributed by atoms with van der Waals surface area (Å²) in [5.41, 5.74) is 1.67. The molecule has 0 saturated heterocycles. The number of hydrogen-bond donors (Lipinski definition) is 0. The number of ether oxygens (including phenoxy) is 1. The highest BCUT2D eigenvalue weighted by molar-refractivity contribution is 6.30. The van der Waals surface area contributed by atoms with Crippen LogP contribution in [0.2, 0.25) is 5.02 Å². The van der Waals surface area contributed by atoms with Crippen LogP contribution >= 0.6 is 11.6 Å². The molecule has 0 amide bonds. The summed E-state index contributed by atoms with van der Waals surface area (Å²) in [6.07, 6.45) is 1.85. The molecule has 0 fully saturated rings. The predicted molar refractivity (Wildman–Crippen MR) is 106 cm³/mol. The number of rotatable bonds is 4. The molecular weight excluding hydrogens is 360 g/mol. The van der Waals surface area contributed by atoms with Gasteiger partial charge in [0.15, 0.2) is 5.36 Å². The number of halogens is 1. The lowest BCUT2D eigenvalue weighted by Gasteiger charge is -2.06. The number of nitrogens with zero attached hydrogens (tertiary/aromatic N) is 1. The van der Waals surface area contributed by atoms with Crippen LogP contribution in [-0.2, 0) is 0 Å². The fourth-order valence-electron chi connectivity index (χ4n) is 2.84. The van der Waals surface area contributed by atoms with Gasteiger partial charge in [-0.2, -0.15) is 0 Å². The van der Waals surface area contributed by atoms with Gasteiger partial charge in [0.1, 0.15) is 17.1 Å². The molecule has 0 atom stereocenters. The highest BCUT2D eigenvalue weighted by Crippen LogP contribution is 2.26. The topological polar surface area (TPSA) is 48.9 Å². The Labute approximate surface area is 161 Å². The zero-order chi connectivity index (χ0) is 18.6. The second kappa shape index (κ2) is 7.64. The van der Waals surface area contributed by atoms with Crippen LogP contribution < -0.4 is 15.1 Å². The molecule has 4 nitrogen and oxygen atoms in total. The highest BCUT2D eigenvalue weighted by atomic mass is 35.5. The van der Waals surface area contributed by atoms with Crippen LogP contribution in [0.15, 0.2) is 82.3 Å². The van der Waals surface area contributed by atoms with Crippen LogP contribution in [0.3, 0.4) is 0 Å². The normalized spacial score (nSPS) is 11.7. The van der Waals surface area contributed by atoms with Crippen molar-refractivity contribution >= 4 is 28.4 Å². The van der Waals surface area contributed by atoms with E-state index in [4.69, 9.17) is 25.7 Å². The lowest BCUT2D eigenvalue weighted by Crippen LogP contribution is -2.07. The van der Waals surface area contributed by atoms with Crippen LogP contribution in [0, 0.1) is 0 Å². The van der Waals surface area contributed by atoms with Gasteiger partial charge in [0.2, 0.25) is 0 Å². The number of aromatic nitrogens is 1. The van der Waals surface area contributed by atoms with Crippen LogP contribution in [0.5, 0.6) is 5.75 Å². The van der Waals surface area contributed by atoms with Gasteiger partial charge < -0.3 is 9.15 Å². The van der Waals surface area contributed by atoms with Crippen LogP contribution in [0.4, 0.5) is 5.82 Å². The van der Waals surface area contributed by atoms with Gasteiger partial charge >= 0.3 is 5.82 Å². The van der Waals surface area contributed by atoms with Gasteiger partial charge in [-0.1, -0.05) is 17.7 Å². The number of aromatic amines is 1. The first-order valence-corrected chi connectivity index (χ1v) is 9.09. The summed E-state index contributed by atoms with van der Waals surface area (Å²) in [4.78, 5) is 7.92. The first kappa shape index (κ1) is 17.3. The van der Waals surface area contributed by atoms with E-state index in [1.165, 1.54) is 0 Å². The SMILES string of the molecule is CCOc1ccc2oc(-c3ccc(Cl)cc3)cc(=Nc3cccc[nH+]3)c2c1. The minimum absolute atomic E-state index is 0.602. The number of fused-ring (bicyclic) bond motifs is 1. The zero-order valence-electron chi connectivity index (χ0n) is 14.8.